The molecular formula is C18H20Cl3NO2. The summed E-state index contributed by atoms with van der Waals surface area (Å²) >= 11 is 12.7. The van der Waals surface area contributed by atoms with Crippen molar-refractivity contribution in [3.63, 3.8) is 0 Å². The Kier molecular flexibility index (Phi) is 6.27. The van der Waals surface area contributed by atoms with Crippen molar-refractivity contribution in [3.8, 4) is 11.5 Å². The summed E-state index contributed by atoms with van der Waals surface area (Å²) < 4.78 is 0. The number of hydrogen-bond acceptors (Lipinski definition) is 3. The number of phenols is 2. The van der Waals surface area contributed by atoms with E-state index in [0.29, 0.717) is 6.42 Å². The number of nitrogens with zero attached hydrogens (tertiary/aromatic N) is 1. The lowest BCUT2D eigenvalue weighted by molar-refractivity contribution is 0.291. The SMILES string of the molecule is CCN1CCc2c(Cl)c(O)c(O)c(Cl)c2C(c2ccccc2)C1.Cl. The van der Waals surface area contributed by atoms with Crippen molar-refractivity contribution in [1.29, 1.82) is 0 Å². The van der Waals surface area contributed by atoms with E-state index in [9.17, 15) is 10.2 Å². The van der Waals surface area contributed by atoms with Gasteiger partial charge in [0, 0.05) is 19.0 Å². The average Bonchev–Trinajstić information content (AvgIpc) is 2.78. The number of likely N-dealkylation sites (N-methyl/N-ethyl adjacent to an activating group) is 1. The molecule has 1 aliphatic heterocycles. The zero-order valence-electron chi connectivity index (χ0n) is 13.3. The van der Waals surface area contributed by atoms with Crippen molar-refractivity contribution in [2.24, 2.45) is 0 Å². The Labute approximate surface area is 158 Å². The lowest BCUT2D eigenvalue weighted by atomic mass is 9.87. The van der Waals surface area contributed by atoms with Crippen LogP contribution in [0.4, 0.5) is 0 Å². The van der Waals surface area contributed by atoms with Gasteiger partial charge in [-0.2, -0.15) is 0 Å². The Morgan fingerprint density at radius 2 is 1.71 bits per heavy atom. The molecule has 0 amide bonds. The van der Waals surface area contributed by atoms with Crippen LogP contribution < -0.4 is 0 Å². The molecule has 0 spiro atoms. The molecular weight excluding hydrogens is 369 g/mol. The van der Waals surface area contributed by atoms with Crippen molar-refractivity contribution in [3.05, 3.63) is 57.1 Å². The van der Waals surface area contributed by atoms with E-state index in [2.05, 4.69) is 24.0 Å². The van der Waals surface area contributed by atoms with Gasteiger partial charge in [-0.15, -0.1) is 12.4 Å². The van der Waals surface area contributed by atoms with Gasteiger partial charge in [0.1, 0.15) is 0 Å². The van der Waals surface area contributed by atoms with E-state index >= 15 is 0 Å². The van der Waals surface area contributed by atoms with Gasteiger partial charge >= 0.3 is 0 Å². The van der Waals surface area contributed by atoms with Crippen molar-refractivity contribution in [1.82, 2.24) is 4.90 Å². The molecule has 2 aromatic carbocycles. The lowest BCUT2D eigenvalue weighted by Gasteiger charge is -2.25. The van der Waals surface area contributed by atoms with Crippen LogP contribution in [0.3, 0.4) is 0 Å². The topological polar surface area (TPSA) is 43.7 Å². The fourth-order valence-electron chi connectivity index (χ4n) is 3.29. The van der Waals surface area contributed by atoms with Crippen LogP contribution in [-0.4, -0.2) is 34.7 Å². The first-order valence-corrected chi connectivity index (χ1v) is 8.49. The summed E-state index contributed by atoms with van der Waals surface area (Å²) in [5.74, 6) is -0.654. The maximum atomic E-state index is 10.1. The summed E-state index contributed by atoms with van der Waals surface area (Å²) in [6, 6.07) is 10.1. The maximum Gasteiger partial charge on any atom is 0.178 e. The standard InChI is InChI=1S/C18H19Cl2NO2.ClH/c1-2-21-9-8-12-14(16(20)18(23)17(22)15(12)19)13(10-21)11-6-4-3-5-7-11;/h3-7,13,22-23H,2,8-10H2,1H3;1H. The largest absolute Gasteiger partial charge is 0.503 e. The molecule has 2 aromatic rings. The molecule has 1 heterocycles. The van der Waals surface area contributed by atoms with Gasteiger partial charge in [0.05, 0.1) is 10.0 Å². The van der Waals surface area contributed by atoms with Crippen LogP contribution >= 0.6 is 35.6 Å². The quantitative estimate of drug-likeness (QED) is 0.724. The first kappa shape index (κ1) is 19.2. The third-order valence-corrected chi connectivity index (χ3v) is 5.37. The van der Waals surface area contributed by atoms with Gasteiger partial charge in [0.15, 0.2) is 11.5 Å². The van der Waals surface area contributed by atoms with Crippen molar-refractivity contribution >= 4 is 35.6 Å². The molecule has 2 N–H and O–H groups in total. The minimum atomic E-state index is -0.332. The highest BCUT2D eigenvalue weighted by atomic mass is 35.5. The second-order valence-corrected chi connectivity index (χ2v) is 6.58. The molecule has 1 aliphatic rings. The summed E-state index contributed by atoms with van der Waals surface area (Å²) in [6.45, 7) is 4.68. The number of phenolic OH excluding ortho intramolecular Hbond substituents is 2. The summed E-state index contributed by atoms with van der Waals surface area (Å²) in [4.78, 5) is 2.33. The molecule has 3 rings (SSSR count). The number of benzene rings is 2. The summed E-state index contributed by atoms with van der Waals surface area (Å²) in [7, 11) is 0. The van der Waals surface area contributed by atoms with E-state index in [0.717, 1.165) is 36.3 Å². The zero-order chi connectivity index (χ0) is 16.6. The molecule has 24 heavy (non-hydrogen) atoms. The molecule has 3 nitrogen and oxygen atoms in total. The van der Waals surface area contributed by atoms with Gasteiger partial charge in [0.25, 0.3) is 0 Å². The Bertz CT molecular complexity index is 722. The van der Waals surface area contributed by atoms with Gasteiger partial charge < -0.3 is 15.1 Å². The Hall–Kier alpha value is -1.13. The zero-order valence-corrected chi connectivity index (χ0v) is 15.6. The molecule has 0 radical (unpaired) electrons. The lowest BCUT2D eigenvalue weighted by Crippen LogP contribution is -2.28. The van der Waals surface area contributed by atoms with Crippen LogP contribution in [0, 0.1) is 0 Å². The number of rotatable bonds is 2. The van der Waals surface area contributed by atoms with Gasteiger partial charge in [0.2, 0.25) is 0 Å². The number of halogens is 3. The number of hydrogen-bond donors (Lipinski definition) is 2. The van der Waals surface area contributed by atoms with E-state index in [1.54, 1.807) is 0 Å². The van der Waals surface area contributed by atoms with Crippen molar-refractivity contribution in [2.45, 2.75) is 19.3 Å². The van der Waals surface area contributed by atoms with Gasteiger partial charge in [-0.1, -0.05) is 60.5 Å². The van der Waals surface area contributed by atoms with Crippen LogP contribution in [0.15, 0.2) is 30.3 Å². The number of fused-ring (bicyclic) bond motifs is 1. The van der Waals surface area contributed by atoms with Crippen LogP contribution in [0.2, 0.25) is 10.0 Å². The molecule has 1 unspecified atom stereocenters. The van der Waals surface area contributed by atoms with Gasteiger partial charge in [-0.05, 0) is 29.7 Å². The predicted octanol–water partition coefficient (Wildman–Crippen LogP) is 4.84. The van der Waals surface area contributed by atoms with Crippen molar-refractivity contribution in [2.75, 3.05) is 19.6 Å². The molecule has 0 saturated carbocycles. The molecule has 0 saturated heterocycles. The first-order valence-electron chi connectivity index (χ1n) is 7.73. The van der Waals surface area contributed by atoms with E-state index in [-0.39, 0.29) is 39.9 Å². The van der Waals surface area contributed by atoms with E-state index < -0.39 is 0 Å². The van der Waals surface area contributed by atoms with Crippen LogP contribution in [0.25, 0.3) is 0 Å². The molecule has 0 aliphatic carbocycles. The van der Waals surface area contributed by atoms with E-state index in [1.807, 2.05) is 18.2 Å². The summed E-state index contributed by atoms with van der Waals surface area (Å²) in [6.07, 6.45) is 0.693. The summed E-state index contributed by atoms with van der Waals surface area (Å²) in [5, 5.41) is 20.6. The average molecular weight is 389 g/mol. The number of aromatic hydroxyl groups is 2. The van der Waals surface area contributed by atoms with Gasteiger partial charge in [-0.25, -0.2) is 0 Å². The molecule has 0 aromatic heterocycles. The fraction of sp³-hybridized carbons (Fsp3) is 0.333. The van der Waals surface area contributed by atoms with Gasteiger partial charge in [-0.3, -0.25) is 0 Å². The molecule has 0 bridgehead atoms. The van der Waals surface area contributed by atoms with E-state index in [1.165, 1.54) is 0 Å². The normalized spacial score (nSPS) is 17.7. The van der Waals surface area contributed by atoms with Crippen LogP contribution in [0.5, 0.6) is 11.5 Å². The van der Waals surface area contributed by atoms with E-state index in [4.69, 9.17) is 23.2 Å². The predicted molar refractivity (Wildman–Crippen MR) is 101 cm³/mol. The minimum Gasteiger partial charge on any atom is -0.503 e. The Morgan fingerprint density at radius 1 is 1.08 bits per heavy atom. The molecule has 130 valence electrons. The maximum absolute atomic E-state index is 10.1. The fourth-order valence-corrected chi connectivity index (χ4v) is 3.91. The Morgan fingerprint density at radius 3 is 2.33 bits per heavy atom. The summed E-state index contributed by atoms with van der Waals surface area (Å²) in [5.41, 5.74) is 2.78. The molecule has 1 atom stereocenters. The van der Waals surface area contributed by atoms with Crippen molar-refractivity contribution < 1.29 is 10.2 Å². The minimum absolute atomic E-state index is 0. The second-order valence-electron chi connectivity index (χ2n) is 5.82. The highest BCUT2D eigenvalue weighted by molar-refractivity contribution is 6.37. The first-order chi connectivity index (χ1) is 11.0. The third-order valence-electron chi connectivity index (χ3n) is 4.58. The molecule has 6 heteroatoms. The molecule has 0 fully saturated rings. The monoisotopic (exact) mass is 387 g/mol. The van der Waals surface area contributed by atoms with Crippen LogP contribution in [-0.2, 0) is 6.42 Å². The smallest absolute Gasteiger partial charge is 0.178 e. The Balaban J connectivity index is 0.00000208. The highest BCUT2D eigenvalue weighted by Gasteiger charge is 2.31. The third kappa shape index (κ3) is 3.31. The van der Waals surface area contributed by atoms with Crippen LogP contribution in [0.1, 0.15) is 29.5 Å². The second kappa shape index (κ2) is 7.83. The highest BCUT2D eigenvalue weighted by Crippen LogP contribution is 2.49.